The largest absolute Gasteiger partial charge is 0.497 e. The van der Waals surface area contributed by atoms with Crippen molar-refractivity contribution < 1.29 is 18.8 Å². The molecule has 1 aliphatic heterocycles. The lowest BCUT2D eigenvalue weighted by molar-refractivity contribution is 0.00578. The van der Waals surface area contributed by atoms with Gasteiger partial charge < -0.3 is 14.0 Å². The fourth-order valence-electron chi connectivity index (χ4n) is 2.84. The van der Waals surface area contributed by atoms with Gasteiger partial charge in [-0.2, -0.15) is 0 Å². The molecule has 3 rings (SSSR count). The predicted molar refractivity (Wildman–Crippen MR) is 99.5 cm³/mol. The molecule has 0 radical (unpaired) electrons. The topological polar surface area (TPSA) is 44.8 Å². The fraction of sp³-hybridized carbons (Fsp3) is 0.350. The average Bonchev–Trinajstić information content (AvgIpc) is 2.82. The van der Waals surface area contributed by atoms with Gasteiger partial charge in [-0.25, -0.2) is 0 Å². The predicted octanol–water partition coefficient (Wildman–Crippen LogP) is 3.47. The van der Waals surface area contributed by atoms with Crippen molar-refractivity contribution >= 4 is 18.9 Å². The van der Waals surface area contributed by atoms with Crippen LogP contribution < -0.4 is 10.2 Å². The van der Waals surface area contributed by atoms with Crippen LogP contribution >= 0.6 is 0 Å². The van der Waals surface area contributed by atoms with E-state index in [1.165, 1.54) is 0 Å². The molecule has 0 aliphatic carbocycles. The molecule has 1 heterocycles. The Balaban J connectivity index is 1.97. The molecule has 0 amide bonds. The summed E-state index contributed by atoms with van der Waals surface area (Å²) in [5.41, 5.74) is 2.37. The molecule has 0 saturated carbocycles. The molecule has 1 aliphatic rings. The minimum absolute atomic E-state index is 0.441. The van der Waals surface area contributed by atoms with E-state index in [9.17, 15) is 4.79 Å². The molecular weight excluding hydrogens is 315 g/mol. The van der Waals surface area contributed by atoms with Gasteiger partial charge in [-0.15, -0.1) is 0 Å². The number of methoxy groups -OCH3 is 1. The first-order valence-corrected chi connectivity index (χ1v) is 8.36. The lowest BCUT2D eigenvalue weighted by Gasteiger charge is -2.32. The molecule has 0 bridgehead atoms. The van der Waals surface area contributed by atoms with Gasteiger partial charge in [-0.3, -0.25) is 4.79 Å². The van der Waals surface area contributed by atoms with Crippen molar-refractivity contribution in [3.63, 3.8) is 0 Å². The number of rotatable bonds is 4. The summed E-state index contributed by atoms with van der Waals surface area (Å²) >= 11 is 0. The third-order valence-corrected chi connectivity index (χ3v) is 5.12. The highest BCUT2D eigenvalue weighted by Crippen LogP contribution is 2.37. The Bertz CT molecular complexity index is 782. The van der Waals surface area contributed by atoms with Crippen molar-refractivity contribution in [3.8, 4) is 16.9 Å². The van der Waals surface area contributed by atoms with E-state index in [1.54, 1.807) is 7.11 Å². The summed E-state index contributed by atoms with van der Waals surface area (Å²) in [7, 11) is 1.08. The summed E-state index contributed by atoms with van der Waals surface area (Å²) < 4.78 is 17.4. The summed E-state index contributed by atoms with van der Waals surface area (Å²) in [6, 6.07) is 13.5. The van der Waals surface area contributed by atoms with Gasteiger partial charge in [0.15, 0.2) is 0 Å². The maximum Gasteiger partial charge on any atom is 0.495 e. The van der Waals surface area contributed by atoms with Gasteiger partial charge in [0.1, 0.15) is 12.0 Å². The first kappa shape index (κ1) is 17.7. The van der Waals surface area contributed by atoms with Gasteiger partial charge in [0.25, 0.3) is 0 Å². The lowest BCUT2D eigenvalue weighted by Crippen LogP contribution is -2.41. The summed E-state index contributed by atoms with van der Waals surface area (Å²) in [6.07, 6.45) is 0.851. The maximum absolute atomic E-state index is 11.7. The zero-order valence-corrected chi connectivity index (χ0v) is 15.3. The first-order valence-electron chi connectivity index (χ1n) is 8.36. The number of ether oxygens (including phenoxy) is 1. The molecule has 1 fully saturated rings. The molecule has 1 saturated heterocycles. The second-order valence-electron chi connectivity index (χ2n) is 7.28. The Labute approximate surface area is 149 Å². The molecule has 0 aromatic heterocycles. The molecule has 5 heteroatoms. The Hall–Kier alpha value is -2.11. The summed E-state index contributed by atoms with van der Waals surface area (Å²) in [5, 5.41) is 0. The Morgan fingerprint density at radius 3 is 2.20 bits per heavy atom. The molecule has 0 atom stereocenters. The maximum atomic E-state index is 11.7. The van der Waals surface area contributed by atoms with Crippen molar-refractivity contribution in [2.75, 3.05) is 7.11 Å². The van der Waals surface area contributed by atoms with E-state index in [2.05, 4.69) is 0 Å². The standard InChI is InChI=1S/C20H23BO4/c1-19(2)20(3,4)25-21(24-19)18-10-9-15(11-16(18)13-22)14-7-6-8-17(12-14)23-5/h6-13H,1-5H3. The Kier molecular flexibility index (Phi) is 4.48. The van der Waals surface area contributed by atoms with Crippen LogP contribution in [0.3, 0.4) is 0 Å². The molecule has 0 N–H and O–H groups in total. The summed E-state index contributed by atoms with van der Waals surface area (Å²) in [6.45, 7) is 7.99. The number of hydrogen-bond donors (Lipinski definition) is 0. The van der Waals surface area contributed by atoms with Crippen molar-refractivity contribution in [3.05, 3.63) is 48.0 Å². The van der Waals surface area contributed by atoms with Crippen LogP contribution in [-0.2, 0) is 9.31 Å². The van der Waals surface area contributed by atoms with Gasteiger partial charge in [0, 0.05) is 5.56 Å². The smallest absolute Gasteiger partial charge is 0.495 e. The van der Waals surface area contributed by atoms with E-state index >= 15 is 0 Å². The van der Waals surface area contributed by atoms with E-state index in [-0.39, 0.29) is 0 Å². The van der Waals surface area contributed by atoms with Crippen molar-refractivity contribution in [2.45, 2.75) is 38.9 Å². The highest BCUT2D eigenvalue weighted by atomic mass is 16.7. The van der Waals surface area contributed by atoms with Crippen LogP contribution in [0.5, 0.6) is 5.75 Å². The molecule has 2 aromatic carbocycles. The van der Waals surface area contributed by atoms with E-state index in [0.717, 1.165) is 28.6 Å². The SMILES string of the molecule is COc1cccc(-c2ccc(B3OC(C)(C)C(C)(C)O3)c(C=O)c2)c1. The van der Waals surface area contributed by atoms with Crippen LogP contribution in [0.25, 0.3) is 11.1 Å². The quantitative estimate of drug-likeness (QED) is 0.633. The molecule has 4 nitrogen and oxygen atoms in total. The molecule has 2 aromatic rings. The summed E-state index contributed by atoms with van der Waals surface area (Å²) in [5.74, 6) is 0.778. The molecule has 25 heavy (non-hydrogen) atoms. The number of carbonyl (C=O) groups excluding carboxylic acids is 1. The van der Waals surface area contributed by atoms with Crippen LogP contribution in [-0.4, -0.2) is 31.7 Å². The van der Waals surface area contributed by atoms with Gasteiger partial charge in [-0.1, -0.05) is 24.3 Å². The van der Waals surface area contributed by atoms with Crippen LogP contribution in [0.1, 0.15) is 38.1 Å². The van der Waals surface area contributed by atoms with Gasteiger partial charge in [0.05, 0.1) is 18.3 Å². The minimum atomic E-state index is -0.551. The van der Waals surface area contributed by atoms with Crippen molar-refractivity contribution in [2.24, 2.45) is 0 Å². The van der Waals surface area contributed by atoms with Crippen LogP contribution in [0.2, 0.25) is 0 Å². The van der Waals surface area contributed by atoms with Gasteiger partial charge >= 0.3 is 7.12 Å². The number of benzene rings is 2. The Morgan fingerprint density at radius 1 is 0.960 bits per heavy atom. The van der Waals surface area contributed by atoms with E-state index < -0.39 is 18.3 Å². The molecule has 0 unspecified atom stereocenters. The third-order valence-electron chi connectivity index (χ3n) is 5.12. The molecular formula is C20H23BO4. The van der Waals surface area contributed by atoms with E-state index in [0.29, 0.717) is 5.56 Å². The normalized spacial score (nSPS) is 18.2. The monoisotopic (exact) mass is 338 g/mol. The molecule has 130 valence electrons. The Morgan fingerprint density at radius 2 is 1.60 bits per heavy atom. The lowest BCUT2D eigenvalue weighted by atomic mass is 9.75. The number of hydrogen-bond acceptors (Lipinski definition) is 4. The van der Waals surface area contributed by atoms with Gasteiger partial charge in [0.2, 0.25) is 0 Å². The molecule has 0 spiro atoms. The minimum Gasteiger partial charge on any atom is -0.497 e. The summed E-state index contributed by atoms with van der Waals surface area (Å²) in [4.78, 5) is 11.7. The fourth-order valence-corrected chi connectivity index (χ4v) is 2.84. The average molecular weight is 338 g/mol. The van der Waals surface area contributed by atoms with E-state index in [1.807, 2.05) is 70.2 Å². The van der Waals surface area contributed by atoms with Crippen LogP contribution in [0.4, 0.5) is 0 Å². The third kappa shape index (κ3) is 3.22. The zero-order valence-electron chi connectivity index (χ0n) is 15.3. The van der Waals surface area contributed by atoms with Crippen molar-refractivity contribution in [1.82, 2.24) is 0 Å². The number of aldehydes is 1. The van der Waals surface area contributed by atoms with Crippen LogP contribution in [0, 0.1) is 0 Å². The van der Waals surface area contributed by atoms with E-state index in [4.69, 9.17) is 14.0 Å². The van der Waals surface area contributed by atoms with Gasteiger partial charge in [-0.05, 0) is 62.5 Å². The highest BCUT2D eigenvalue weighted by molar-refractivity contribution is 6.63. The second kappa shape index (κ2) is 6.32. The zero-order chi connectivity index (χ0) is 18.2. The van der Waals surface area contributed by atoms with Crippen molar-refractivity contribution in [1.29, 1.82) is 0 Å². The number of carbonyl (C=O) groups is 1. The first-order chi connectivity index (χ1) is 11.8. The van der Waals surface area contributed by atoms with Crippen LogP contribution in [0.15, 0.2) is 42.5 Å². The second-order valence-corrected chi connectivity index (χ2v) is 7.28. The highest BCUT2D eigenvalue weighted by Gasteiger charge is 2.52.